The van der Waals surface area contributed by atoms with Gasteiger partial charge in [0.2, 0.25) is 10.0 Å². The highest BCUT2D eigenvalue weighted by Gasteiger charge is 2.40. The molecule has 1 spiro atoms. The Balaban J connectivity index is 1.87. The van der Waals surface area contributed by atoms with E-state index < -0.39 is 15.8 Å². The van der Waals surface area contributed by atoms with E-state index in [-0.39, 0.29) is 6.04 Å². The van der Waals surface area contributed by atoms with Crippen LogP contribution in [-0.4, -0.2) is 39.7 Å². The fourth-order valence-corrected chi connectivity index (χ4v) is 3.11. The zero-order chi connectivity index (χ0) is 10.9. The summed E-state index contributed by atoms with van der Waals surface area (Å²) in [5.41, 5.74) is 0. The van der Waals surface area contributed by atoms with Crippen molar-refractivity contribution < 1.29 is 17.9 Å². The number of hydrogen-bond acceptors (Lipinski definition) is 4. The summed E-state index contributed by atoms with van der Waals surface area (Å²) in [4.78, 5) is 0. The Hall–Kier alpha value is -0.170. The lowest BCUT2D eigenvalue weighted by Gasteiger charge is -2.35. The number of ether oxygens (including phenoxy) is 2. The third kappa shape index (κ3) is 2.90. The monoisotopic (exact) mass is 235 g/mol. The van der Waals surface area contributed by atoms with Gasteiger partial charge in [0.15, 0.2) is 5.79 Å². The minimum Gasteiger partial charge on any atom is -0.348 e. The molecule has 0 atom stereocenters. The molecule has 0 aromatic heterocycles. The SMILES string of the molecule is CS(=O)(=O)NC1CCC2(CC1)OCCO2. The van der Waals surface area contributed by atoms with Crippen molar-refractivity contribution in [2.45, 2.75) is 37.5 Å². The first kappa shape index (κ1) is 11.3. The van der Waals surface area contributed by atoms with Gasteiger partial charge in [0, 0.05) is 18.9 Å². The van der Waals surface area contributed by atoms with Gasteiger partial charge in [-0.3, -0.25) is 0 Å². The van der Waals surface area contributed by atoms with Gasteiger partial charge in [-0.15, -0.1) is 0 Å². The molecule has 1 aliphatic heterocycles. The lowest BCUT2D eigenvalue weighted by atomic mass is 9.91. The zero-order valence-corrected chi connectivity index (χ0v) is 9.68. The summed E-state index contributed by atoms with van der Waals surface area (Å²) >= 11 is 0. The lowest BCUT2D eigenvalue weighted by Crippen LogP contribution is -2.43. The summed E-state index contributed by atoms with van der Waals surface area (Å²) < 4.78 is 35.8. The van der Waals surface area contributed by atoms with Crippen LogP contribution >= 0.6 is 0 Å². The number of hydrogen-bond donors (Lipinski definition) is 1. The molecule has 0 aromatic carbocycles. The lowest BCUT2D eigenvalue weighted by molar-refractivity contribution is -0.178. The molecule has 0 unspecified atom stereocenters. The van der Waals surface area contributed by atoms with Gasteiger partial charge in [0.25, 0.3) is 0 Å². The van der Waals surface area contributed by atoms with Crippen molar-refractivity contribution in [3.05, 3.63) is 0 Å². The van der Waals surface area contributed by atoms with E-state index in [1.54, 1.807) is 0 Å². The molecule has 88 valence electrons. The molecule has 15 heavy (non-hydrogen) atoms. The van der Waals surface area contributed by atoms with Gasteiger partial charge >= 0.3 is 0 Å². The van der Waals surface area contributed by atoms with Crippen molar-refractivity contribution in [2.24, 2.45) is 0 Å². The summed E-state index contributed by atoms with van der Waals surface area (Å²) in [6.45, 7) is 1.31. The second kappa shape index (κ2) is 4.01. The maximum absolute atomic E-state index is 11.0. The van der Waals surface area contributed by atoms with Crippen molar-refractivity contribution >= 4 is 10.0 Å². The Bertz CT molecular complexity index is 311. The van der Waals surface area contributed by atoms with E-state index in [1.165, 1.54) is 6.26 Å². The van der Waals surface area contributed by atoms with Crippen molar-refractivity contribution in [1.82, 2.24) is 4.72 Å². The quantitative estimate of drug-likeness (QED) is 0.743. The van der Waals surface area contributed by atoms with E-state index in [9.17, 15) is 8.42 Å². The fraction of sp³-hybridized carbons (Fsp3) is 1.00. The van der Waals surface area contributed by atoms with Gasteiger partial charge in [-0.2, -0.15) is 0 Å². The largest absolute Gasteiger partial charge is 0.348 e. The predicted octanol–water partition coefficient (Wildman–Crippen LogP) is 0.221. The first-order valence-electron chi connectivity index (χ1n) is 5.24. The Morgan fingerprint density at radius 3 is 2.20 bits per heavy atom. The molecule has 0 radical (unpaired) electrons. The minimum absolute atomic E-state index is 0.0402. The number of nitrogens with one attached hydrogen (secondary N) is 1. The molecule has 0 amide bonds. The van der Waals surface area contributed by atoms with Crippen LogP contribution < -0.4 is 4.72 Å². The second-order valence-corrected chi connectivity index (χ2v) is 6.05. The predicted molar refractivity (Wildman–Crippen MR) is 54.9 cm³/mol. The third-order valence-electron chi connectivity index (χ3n) is 2.94. The van der Waals surface area contributed by atoms with Crippen LogP contribution in [0.2, 0.25) is 0 Å². The van der Waals surface area contributed by atoms with Gasteiger partial charge in [-0.05, 0) is 12.8 Å². The molecule has 6 heteroatoms. The Morgan fingerprint density at radius 2 is 1.73 bits per heavy atom. The van der Waals surface area contributed by atoms with Crippen LogP contribution in [0.15, 0.2) is 0 Å². The van der Waals surface area contributed by atoms with Gasteiger partial charge in [-0.1, -0.05) is 0 Å². The number of rotatable bonds is 2. The van der Waals surface area contributed by atoms with E-state index >= 15 is 0 Å². The van der Waals surface area contributed by atoms with E-state index in [1.807, 2.05) is 0 Å². The van der Waals surface area contributed by atoms with Crippen LogP contribution in [0.3, 0.4) is 0 Å². The molecule has 1 aliphatic carbocycles. The van der Waals surface area contributed by atoms with Gasteiger partial charge in [-0.25, -0.2) is 13.1 Å². The van der Waals surface area contributed by atoms with Crippen LogP contribution in [0.5, 0.6) is 0 Å². The van der Waals surface area contributed by atoms with E-state index in [2.05, 4.69) is 4.72 Å². The zero-order valence-electron chi connectivity index (χ0n) is 8.86. The van der Waals surface area contributed by atoms with Crippen molar-refractivity contribution in [3.8, 4) is 0 Å². The average molecular weight is 235 g/mol. The summed E-state index contributed by atoms with van der Waals surface area (Å²) in [6.07, 6.45) is 4.32. The van der Waals surface area contributed by atoms with Gasteiger partial charge < -0.3 is 9.47 Å². The van der Waals surface area contributed by atoms with Crippen LogP contribution in [0.4, 0.5) is 0 Å². The normalized spacial score (nSPS) is 27.3. The van der Waals surface area contributed by atoms with E-state index in [0.29, 0.717) is 13.2 Å². The molecule has 1 N–H and O–H groups in total. The van der Waals surface area contributed by atoms with Crippen LogP contribution in [-0.2, 0) is 19.5 Å². The minimum atomic E-state index is -3.09. The molecule has 5 nitrogen and oxygen atoms in total. The third-order valence-corrected chi connectivity index (χ3v) is 3.70. The molecular weight excluding hydrogens is 218 g/mol. The molecule has 1 heterocycles. The summed E-state index contributed by atoms with van der Waals surface area (Å²) in [5.74, 6) is -0.407. The van der Waals surface area contributed by atoms with E-state index in [0.717, 1.165) is 25.7 Å². The van der Waals surface area contributed by atoms with Crippen molar-refractivity contribution in [1.29, 1.82) is 0 Å². The smallest absolute Gasteiger partial charge is 0.208 e. The van der Waals surface area contributed by atoms with Crippen LogP contribution in [0, 0.1) is 0 Å². The molecule has 0 bridgehead atoms. The second-order valence-electron chi connectivity index (χ2n) is 4.27. The summed E-state index contributed by atoms with van der Waals surface area (Å²) in [5, 5.41) is 0. The Kier molecular flexibility index (Phi) is 3.03. The highest BCUT2D eigenvalue weighted by Crippen LogP contribution is 2.35. The van der Waals surface area contributed by atoms with Gasteiger partial charge in [0.05, 0.1) is 19.5 Å². The molecule has 1 saturated heterocycles. The Labute approximate surface area is 90.2 Å². The topological polar surface area (TPSA) is 64.6 Å². The molecule has 2 aliphatic rings. The fourth-order valence-electron chi connectivity index (χ4n) is 2.26. The van der Waals surface area contributed by atoms with Crippen molar-refractivity contribution in [2.75, 3.05) is 19.5 Å². The highest BCUT2D eigenvalue weighted by atomic mass is 32.2. The maximum atomic E-state index is 11.0. The average Bonchev–Trinajstić information content (AvgIpc) is 2.56. The summed E-state index contributed by atoms with van der Waals surface area (Å²) in [6, 6.07) is 0.0402. The first-order chi connectivity index (χ1) is 6.99. The molecule has 2 rings (SSSR count). The molecular formula is C9H17NO4S. The summed E-state index contributed by atoms with van der Waals surface area (Å²) in [7, 11) is -3.09. The highest BCUT2D eigenvalue weighted by molar-refractivity contribution is 7.88. The van der Waals surface area contributed by atoms with E-state index in [4.69, 9.17) is 9.47 Å². The van der Waals surface area contributed by atoms with Gasteiger partial charge in [0.1, 0.15) is 0 Å². The Morgan fingerprint density at radius 1 is 1.20 bits per heavy atom. The van der Waals surface area contributed by atoms with Crippen LogP contribution in [0.1, 0.15) is 25.7 Å². The molecule has 1 saturated carbocycles. The van der Waals surface area contributed by atoms with Crippen molar-refractivity contribution in [3.63, 3.8) is 0 Å². The van der Waals surface area contributed by atoms with Crippen LogP contribution in [0.25, 0.3) is 0 Å². The number of sulfonamides is 1. The molecule has 0 aromatic rings. The maximum Gasteiger partial charge on any atom is 0.208 e. The molecule has 2 fully saturated rings. The first-order valence-corrected chi connectivity index (χ1v) is 7.13. The standard InChI is InChI=1S/C9H17NO4S/c1-15(11,12)10-8-2-4-9(5-3-8)13-6-7-14-9/h8,10H,2-7H2,1H3.